The lowest BCUT2D eigenvalue weighted by molar-refractivity contribution is 0.0300. The predicted octanol–water partition coefficient (Wildman–Crippen LogP) is 11.3. The van der Waals surface area contributed by atoms with Crippen molar-refractivity contribution in [1.82, 2.24) is 0 Å². The highest BCUT2D eigenvalue weighted by atomic mass is 35.5. The lowest BCUT2D eigenvalue weighted by Crippen LogP contribution is -2.23. The van der Waals surface area contributed by atoms with Crippen molar-refractivity contribution in [3.63, 3.8) is 0 Å². The molecular weight excluding hydrogens is 712 g/mol. The summed E-state index contributed by atoms with van der Waals surface area (Å²) in [6.45, 7) is 2.02. The molecule has 1 unspecified atom stereocenters. The molecule has 0 spiro atoms. The van der Waals surface area contributed by atoms with Crippen molar-refractivity contribution in [3.05, 3.63) is 168 Å². The van der Waals surface area contributed by atoms with E-state index < -0.39 is 11.6 Å². The SMILES string of the molecule is COc1ccc(/C(=C\C2(/C=C(\c3ccc(OC)cc3)c3ccc(N(C)C)cc3)OC(=O)c3c(Cl)c(Cl)c(Cl)c(Cl)c32)c2ccc(C)cc2)cc1. The number of rotatable bonds is 9. The zero-order valence-corrected chi connectivity index (χ0v) is 31.0. The van der Waals surface area contributed by atoms with Crippen molar-refractivity contribution in [3.8, 4) is 11.5 Å². The molecule has 0 saturated carbocycles. The number of esters is 1. The Hall–Kier alpha value is -4.39. The van der Waals surface area contributed by atoms with Crippen LogP contribution in [0, 0.1) is 6.92 Å². The maximum absolute atomic E-state index is 14.0. The number of ether oxygens (including phenoxy) is 3. The Morgan fingerprint density at radius 1 is 0.620 bits per heavy atom. The quantitative estimate of drug-likeness (QED) is 0.0854. The number of nitrogens with zero attached hydrogens (tertiary/aromatic N) is 1. The third-order valence-electron chi connectivity index (χ3n) is 8.70. The highest BCUT2D eigenvalue weighted by Crippen LogP contribution is 2.53. The fourth-order valence-electron chi connectivity index (χ4n) is 6.00. The van der Waals surface area contributed by atoms with Crippen molar-refractivity contribution in [2.24, 2.45) is 0 Å². The van der Waals surface area contributed by atoms with Crippen LogP contribution in [0.5, 0.6) is 11.5 Å². The third kappa shape index (κ3) is 6.71. The number of benzene rings is 5. The topological polar surface area (TPSA) is 48.0 Å². The Bertz CT molecular complexity index is 2120. The summed E-state index contributed by atoms with van der Waals surface area (Å²) in [5, 5.41) is 0.0161. The average molecular weight is 746 g/mol. The molecule has 1 aliphatic rings. The maximum Gasteiger partial charge on any atom is 0.341 e. The summed E-state index contributed by atoms with van der Waals surface area (Å²) in [7, 11) is 7.20. The van der Waals surface area contributed by atoms with Gasteiger partial charge < -0.3 is 19.1 Å². The lowest BCUT2D eigenvalue weighted by Gasteiger charge is -2.27. The van der Waals surface area contributed by atoms with Crippen LogP contribution in [0.25, 0.3) is 11.1 Å². The van der Waals surface area contributed by atoms with Crippen LogP contribution in [0.15, 0.2) is 109 Å². The molecule has 0 saturated heterocycles. The molecule has 1 atom stereocenters. The predicted molar refractivity (Wildman–Crippen MR) is 206 cm³/mol. The molecule has 1 aliphatic heterocycles. The van der Waals surface area contributed by atoms with Gasteiger partial charge in [-0.2, -0.15) is 0 Å². The van der Waals surface area contributed by atoms with Crippen molar-refractivity contribution in [1.29, 1.82) is 0 Å². The minimum Gasteiger partial charge on any atom is -0.497 e. The van der Waals surface area contributed by atoms with E-state index in [1.807, 2.05) is 135 Å². The number of hydrogen-bond donors (Lipinski definition) is 0. The Balaban J connectivity index is 1.74. The van der Waals surface area contributed by atoms with Crippen LogP contribution in [0.3, 0.4) is 0 Å². The second kappa shape index (κ2) is 14.5. The molecule has 0 amide bonds. The van der Waals surface area contributed by atoms with E-state index in [0.717, 1.165) is 44.7 Å². The summed E-state index contributed by atoms with van der Waals surface area (Å²) < 4.78 is 17.4. The number of halogens is 4. The molecule has 50 heavy (non-hydrogen) atoms. The highest BCUT2D eigenvalue weighted by Gasteiger charge is 2.48. The Labute approximate surface area is 312 Å². The Kier molecular flexibility index (Phi) is 10.2. The first kappa shape index (κ1) is 35.4. The molecule has 5 aromatic rings. The van der Waals surface area contributed by atoms with E-state index in [9.17, 15) is 4.79 Å². The molecule has 0 N–H and O–H groups in total. The molecule has 0 aromatic heterocycles. The van der Waals surface area contributed by atoms with E-state index in [1.54, 1.807) is 14.2 Å². The number of cyclic esters (lactones) is 1. The molecule has 5 nitrogen and oxygen atoms in total. The number of fused-ring (bicyclic) bond motifs is 1. The number of anilines is 1. The van der Waals surface area contributed by atoms with Gasteiger partial charge in [-0.3, -0.25) is 0 Å². The molecule has 254 valence electrons. The number of hydrogen-bond acceptors (Lipinski definition) is 5. The van der Waals surface area contributed by atoms with E-state index in [2.05, 4.69) is 0 Å². The molecule has 0 fully saturated rings. The van der Waals surface area contributed by atoms with Crippen LogP contribution in [-0.4, -0.2) is 34.3 Å². The molecule has 6 rings (SSSR count). The summed E-state index contributed by atoms with van der Waals surface area (Å²) in [6.07, 6.45) is 3.79. The summed E-state index contributed by atoms with van der Waals surface area (Å²) >= 11 is 27.1. The van der Waals surface area contributed by atoms with Gasteiger partial charge in [0.15, 0.2) is 5.60 Å². The van der Waals surface area contributed by atoms with Gasteiger partial charge in [0.25, 0.3) is 0 Å². The number of methoxy groups -OCH3 is 2. The summed E-state index contributed by atoms with van der Waals surface area (Å²) in [5.74, 6) is 0.706. The molecule has 1 heterocycles. The van der Waals surface area contributed by atoms with Gasteiger partial charge >= 0.3 is 5.97 Å². The zero-order valence-electron chi connectivity index (χ0n) is 28.0. The minimum atomic E-state index is -1.61. The van der Waals surface area contributed by atoms with E-state index in [4.69, 9.17) is 60.6 Å². The van der Waals surface area contributed by atoms with Crippen LogP contribution in [0.2, 0.25) is 20.1 Å². The van der Waals surface area contributed by atoms with Crippen molar-refractivity contribution in [2.75, 3.05) is 33.2 Å². The van der Waals surface area contributed by atoms with Gasteiger partial charge in [-0.1, -0.05) is 113 Å². The fourth-order valence-corrected chi connectivity index (χ4v) is 7.08. The number of carbonyl (C=O) groups excluding carboxylic acids is 1. The minimum absolute atomic E-state index is 0.0178. The van der Waals surface area contributed by atoms with E-state index in [0.29, 0.717) is 11.5 Å². The molecule has 0 bridgehead atoms. The van der Waals surface area contributed by atoms with Gasteiger partial charge in [0.2, 0.25) is 0 Å². The largest absolute Gasteiger partial charge is 0.497 e. The first-order chi connectivity index (χ1) is 24.0. The van der Waals surface area contributed by atoms with Crippen LogP contribution < -0.4 is 14.4 Å². The van der Waals surface area contributed by atoms with E-state index >= 15 is 0 Å². The molecular formula is C41H33Cl4NO4. The van der Waals surface area contributed by atoms with Crippen LogP contribution in [0.1, 0.15) is 43.7 Å². The lowest BCUT2D eigenvalue weighted by atomic mass is 9.83. The molecule has 0 aliphatic carbocycles. The normalized spacial score (nSPS) is 15.8. The Morgan fingerprint density at radius 3 is 1.44 bits per heavy atom. The first-order valence-corrected chi connectivity index (χ1v) is 17.2. The van der Waals surface area contributed by atoms with Crippen LogP contribution in [-0.2, 0) is 10.3 Å². The monoisotopic (exact) mass is 743 g/mol. The van der Waals surface area contributed by atoms with Gasteiger partial charge in [-0.05, 0) is 88.9 Å². The maximum atomic E-state index is 14.0. The Morgan fingerprint density at radius 2 is 1.02 bits per heavy atom. The van der Waals surface area contributed by atoms with Crippen molar-refractivity contribution >= 4 is 69.2 Å². The highest BCUT2D eigenvalue weighted by molar-refractivity contribution is 6.53. The van der Waals surface area contributed by atoms with Gasteiger partial charge in [0, 0.05) is 25.3 Å². The van der Waals surface area contributed by atoms with Gasteiger partial charge in [0.1, 0.15) is 11.5 Å². The van der Waals surface area contributed by atoms with Gasteiger partial charge in [-0.15, -0.1) is 0 Å². The summed E-state index contributed by atoms with van der Waals surface area (Å²) in [6, 6.07) is 31.5. The van der Waals surface area contributed by atoms with E-state index in [-0.39, 0.29) is 31.2 Å². The zero-order chi connectivity index (χ0) is 35.7. The average Bonchev–Trinajstić information content (AvgIpc) is 3.43. The summed E-state index contributed by atoms with van der Waals surface area (Å²) in [5.41, 5.74) is 5.78. The second-order valence-corrected chi connectivity index (χ2v) is 13.6. The standard InChI is InChI=1S/C41H33Cl4NO4/c1-24-6-8-25(9-7-24)32(27-12-18-30(48-4)19-13-27)22-41(35-34(40(47)50-41)36(42)38(44)39(45)37(35)43)23-33(28-14-20-31(49-5)21-15-28)26-10-16-29(17-11-26)46(2)3/h6-23H,1-5H3/b32-22-,33-23-. The van der Waals surface area contributed by atoms with E-state index in [1.165, 1.54) is 0 Å². The molecule has 5 aromatic carbocycles. The van der Waals surface area contributed by atoms with Crippen LogP contribution >= 0.6 is 46.4 Å². The number of aryl methyl sites for hydroxylation is 1. The van der Waals surface area contributed by atoms with Crippen molar-refractivity contribution in [2.45, 2.75) is 12.5 Å². The van der Waals surface area contributed by atoms with Crippen molar-refractivity contribution < 1.29 is 19.0 Å². The first-order valence-electron chi connectivity index (χ1n) is 15.7. The fraction of sp³-hybridized carbons (Fsp3) is 0.146. The smallest absolute Gasteiger partial charge is 0.341 e. The van der Waals surface area contributed by atoms with Gasteiger partial charge in [0.05, 0.1) is 39.9 Å². The second-order valence-electron chi connectivity index (χ2n) is 12.1. The van der Waals surface area contributed by atoms with Gasteiger partial charge in [-0.25, -0.2) is 4.79 Å². The molecule has 9 heteroatoms. The molecule has 0 radical (unpaired) electrons. The summed E-state index contributed by atoms with van der Waals surface area (Å²) in [4.78, 5) is 16.0. The number of carbonyl (C=O) groups is 1. The third-order valence-corrected chi connectivity index (χ3v) is 10.5. The van der Waals surface area contributed by atoms with Crippen LogP contribution in [0.4, 0.5) is 5.69 Å².